The number of carboxylic acids is 2. The molecule has 2 aromatic rings. The molecule has 0 amide bonds. The lowest BCUT2D eigenvalue weighted by atomic mass is 9.87. The third-order valence-corrected chi connectivity index (χ3v) is 6.70. The van der Waals surface area contributed by atoms with Gasteiger partial charge in [-0.1, -0.05) is 60.7 Å². The average Bonchev–Trinajstić information content (AvgIpc) is 2.88. The van der Waals surface area contributed by atoms with Crippen molar-refractivity contribution < 1.29 is 29.3 Å². The first-order chi connectivity index (χ1) is 16.5. The third-order valence-electron chi connectivity index (χ3n) is 6.70. The van der Waals surface area contributed by atoms with Crippen LogP contribution in [0.1, 0.15) is 62.5 Å². The summed E-state index contributed by atoms with van der Waals surface area (Å²) in [6.45, 7) is 1.26. The summed E-state index contributed by atoms with van der Waals surface area (Å²) in [5.41, 5.74) is 2.35. The van der Waals surface area contributed by atoms with E-state index in [-0.39, 0.29) is 24.0 Å². The van der Waals surface area contributed by atoms with Crippen molar-refractivity contribution >= 4 is 11.9 Å². The summed E-state index contributed by atoms with van der Waals surface area (Å²) < 4.78 is 11.6. The van der Waals surface area contributed by atoms with Crippen LogP contribution in [0.15, 0.2) is 60.7 Å². The highest BCUT2D eigenvalue weighted by Gasteiger charge is 2.27. The third kappa shape index (κ3) is 8.92. The molecule has 2 aliphatic carbocycles. The normalized spacial score (nSPS) is 24.5. The highest BCUT2D eigenvalue weighted by molar-refractivity contribution is 5.70. The van der Waals surface area contributed by atoms with Crippen LogP contribution in [0.4, 0.5) is 0 Å². The fourth-order valence-electron chi connectivity index (χ4n) is 4.53. The van der Waals surface area contributed by atoms with Crippen molar-refractivity contribution in [2.45, 2.75) is 76.8 Å². The minimum absolute atomic E-state index is 0.161. The van der Waals surface area contributed by atoms with Gasteiger partial charge in [-0.15, -0.1) is 0 Å². The van der Waals surface area contributed by atoms with E-state index in [1.807, 2.05) is 60.7 Å². The van der Waals surface area contributed by atoms with Crippen LogP contribution in [0.25, 0.3) is 0 Å². The zero-order valence-corrected chi connectivity index (χ0v) is 19.7. The summed E-state index contributed by atoms with van der Waals surface area (Å²) in [5, 5.41) is 17.8. The Bertz CT molecular complexity index is 779. The Morgan fingerprint density at radius 1 is 0.588 bits per heavy atom. The van der Waals surface area contributed by atoms with Crippen molar-refractivity contribution in [1.82, 2.24) is 0 Å². The average molecular weight is 469 g/mol. The number of carbonyl (C=O) groups is 2. The highest BCUT2D eigenvalue weighted by atomic mass is 16.5. The molecule has 0 radical (unpaired) electrons. The summed E-state index contributed by atoms with van der Waals surface area (Å²) in [7, 11) is 0. The maximum absolute atomic E-state index is 10.8. The van der Waals surface area contributed by atoms with Crippen LogP contribution in [0, 0.1) is 11.8 Å². The monoisotopic (exact) mass is 468 g/mol. The lowest BCUT2D eigenvalue weighted by molar-refractivity contribution is -0.144. The zero-order chi connectivity index (χ0) is 24.2. The second-order valence-electron chi connectivity index (χ2n) is 9.22. The Hall–Kier alpha value is -2.70. The van der Waals surface area contributed by atoms with Crippen LogP contribution in [-0.4, -0.2) is 34.4 Å². The summed E-state index contributed by atoms with van der Waals surface area (Å²) in [5.74, 6) is -1.64. The van der Waals surface area contributed by atoms with Gasteiger partial charge in [0.2, 0.25) is 0 Å². The molecule has 0 aromatic heterocycles. The molecule has 4 rings (SSSR count). The van der Waals surface area contributed by atoms with Gasteiger partial charge in [0.05, 0.1) is 37.3 Å². The van der Waals surface area contributed by atoms with E-state index in [0.29, 0.717) is 13.2 Å². The fourth-order valence-corrected chi connectivity index (χ4v) is 4.53. The van der Waals surface area contributed by atoms with Gasteiger partial charge in [-0.25, -0.2) is 0 Å². The van der Waals surface area contributed by atoms with E-state index >= 15 is 0 Å². The number of ether oxygens (including phenoxy) is 2. The molecule has 2 aliphatic rings. The Labute approximate surface area is 201 Å². The summed E-state index contributed by atoms with van der Waals surface area (Å²) in [6.07, 6.45) is 6.89. The lowest BCUT2D eigenvalue weighted by Crippen LogP contribution is -2.25. The van der Waals surface area contributed by atoms with E-state index < -0.39 is 11.9 Å². The van der Waals surface area contributed by atoms with E-state index in [1.165, 1.54) is 11.1 Å². The summed E-state index contributed by atoms with van der Waals surface area (Å²) in [4.78, 5) is 21.6. The van der Waals surface area contributed by atoms with Gasteiger partial charge in [0.25, 0.3) is 0 Å². The van der Waals surface area contributed by atoms with Gasteiger partial charge in [0.1, 0.15) is 0 Å². The molecule has 0 heterocycles. The summed E-state index contributed by atoms with van der Waals surface area (Å²) >= 11 is 0. The molecule has 0 unspecified atom stereocenters. The van der Waals surface area contributed by atoms with Gasteiger partial charge in [-0.2, -0.15) is 0 Å². The molecular formula is C28H36O6. The highest BCUT2D eigenvalue weighted by Crippen LogP contribution is 2.28. The minimum atomic E-state index is -0.661. The van der Waals surface area contributed by atoms with Crippen molar-refractivity contribution in [1.29, 1.82) is 0 Å². The van der Waals surface area contributed by atoms with Crippen LogP contribution in [0.3, 0.4) is 0 Å². The first-order valence-electron chi connectivity index (χ1n) is 12.3. The molecule has 0 saturated heterocycles. The second-order valence-corrected chi connectivity index (χ2v) is 9.22. The molecule has 2 aromatic carbocycles. The molecule has 0 spiro atoms. The zero-order valence-electron chi connectivity index (χ0n) is 19.7. The van der Waals surface area contributed by atoms with Crippen molar-refractivity contribution in [3.63, 3.8) is 0 Å². The van der Waals surface area contributed by atoms with E-state index in [9.17, 15) is 9.59 Å². The Morgan fingerprint density at radius 3 is 1.21 bits per heavy atom. The van der Waals surface area contributed by atoms with E-state index in [4.69, 9.17) is 19.7 Å². The largest absolute Gasteiger partial charge is 0.481 e. The topological polar surface area (TPSA) is 93.1 Å². The van der Waals surface area contributed by atoms with Crippen molar-refractivity contribution in [2.75, 3.05) is 0 Å². The number of rotatable bonds is 8. The van der Waals surface area contributed by atoms with Gasteiger partial charge in [0.15, 0.2) is 0 Å². The molecule has 0 aliphatic heterocycles. The molecule has 0 atom stereocenters. The molecule has 34 heavy (non-hydrogen) atoms. The van der Waals surface area contributed by atoms with Crippen LogP contribution in [0.2, 0.25) is 0 Å². The molecule has 6 heteroatoms. The quantitative estimate of drug-likeness (QED) is 0.517. The van der Waals surface area contributed by atoms with Crippen LogP contribution < -0.4 is 0 Å². The first-order valence-corrected chi connectivity index (χ1v) is 12.3. The number of aliphatic carboxylic acids is 2. The minimum Gasteiger partial charge on any atom is -0.481 e. The van der Waals surface area contributed by atoms with Crippen LogP contribution in [0.5, 0.6) is 0 Å². The fraction of sp³-hybridized carbons (Fsp3) is 0.500. The second kappa shape index (κ2) is 13.9. The molecule has 0 bridgehead atoms. The number of benzene rings is 2. The predicted molar refractivity (Wildman–Crippen MR) is 129 cm³/mol. The molecule has 2 N–H and O–H groups in total. The number of carboxylic acid groups (broad SMARTS) is 2. The van der Waals surface area contributed by atoms with E-state index in [2.05, 4.69) is 0 Å². The van der Waals surface area contributed by atoms with Gasteiger partial charge >= 0.3 is 11.9 Å². The van der Waals surface area contributed by atoms with Crippen LogP contribution >= 0.6 is 0 Å². The van der Waals surface area contributed by atoms with Gasteiger partial charge < -0.3 is 19.7 Å². The first kappa shape index (κ1) is 25.9. The van der Waals surface area contributed by atoms with Crippen molar-refractivity contribution in [2.24, 2.45) is 11.8 Å². The molecule has 6 nitrogen and oxygen atoms in total. The molecule has 184 valence electrons. The molecule has 2 saturated carbocycles. The Kier molecular flexibility index (Phi) is 10.6. The summed E-state index contributed by atoms with van der Waals surface area (Å²) in [6, 6.07) is 20.2. The maximum atomic E-state index is 10.8. The van der Waals surface area contributed by atoms with E-state index in [0.717, 1.165) is 51.4 Å². The van der Waals surface area contributed by atoms with Crippen molar-refractivity contribution in [3.05, 3.63) is 71.8 Å². The van der Waals surface area contributed by atoms with Gasteiger partial charge in [-0.05, 0) is 62.5 Å². The Balaban J connectivity index is 0.000000191. The van der Waals surface area contributed by atoms with E-state index in [1.54, 1.807) is 0 Å². The van der Waals surface area contributed by atoms with Crippen LogP contribution in [-0.2, 0) is 32.3 Å². The molecular weight excluding hydrogens is 432 g/mol. The SMILES string of the molecule is O=C(O)C1CCC(OCc2ccccc2)CC1.O=C(O)C1CCC(OCc2ccccc2)CC1. The maximum Gasteiger partial charge on any atom is 0.306 e. The smallest absolute Gasteiger partial charge is 0.306 e. The van der Waals surface area contributed by atoms with Crippen molar-refractivity contribution in [3.8, 4) is 0 Å². The Morgan fingerprint density at radius 2 is 0.912 bits per heavy atom. The standard InChI is InChI=1S/2C14H18O3/c2*15-14(16)12-6-8-13(9-7-12)17-10-11-4-2-1-3-5-11/h2*1-5,12-13H,6-10H2,(H,15,16). The molecule has 2 fully saturated rings. The lowest BCUT2D eigenvalue weighted by Gasteiger charge is -2.26. The van der Waals surface area contributed by atoms with Gasteiger partial charge in [0, 0.05) is 0 Å². The number of hydrogen-bond donors (Lipinski definition) is 2. The van der Waals surface area contributed by atoms with Gasteiger partial charge in [-0.3, -0.25) is 9.59 Å². The predicted octanol–water partition coefficient (Wildman–Crippen LogP) is 5.69. The number of hydrogen-bond acceptors (Lipinski definition) is 4.